The van der Waals surface area contributed by atoms with Gasteiger partial charge >= 0.3 is 0 Å². The van der Waals surface area contributed by atoms with E-state index >= 15 is 0 Å². The zero-order chi connectivity index (χ0) is 17.5. The molecule has 0 spiro atoms. The minimum Gasteiger partial charge on any atom is -0.350 e. The van der Waals surface area contributed by atoms with E-state index in [9.17, 15) is 4.79 Å². The molecule has 1 aromatic carbocycles. The number of nitriles is 1. The Labute approximate surface area is 152 Å². The summed E-state index contributed by atoms with van der Waals surface area (Å²) in [4.78, 5) is 17.8. The van der Waals surface area contributed by atoms with Gasteiger partial charge in [0.15, 0.2) is 0 Å². The van der Waals surface area contributed by atoms with Crippen LogP contribution in [0.2, 0.25) is 0 Å². The number of hydrogen-bond acceptors (Lipinski definition) is 5. The summed E-state index contributed by atoms with van der Waals surface area (Å²) in [6.45, 7) is 5.71. The number of carbonyl (C=O) groups excluding carboxylic acids is 1. The maximum atomic E-state index is 12.1. The lowest BCUT2D eigenvalue weighted by molar-refractivity contribution is -0.122. The molecule has 0 saturated carbocycles. The highest BCUT2D eigenvalue weighted by molar-refractivity contribution is 7.09. The largest absolute Gasteiger partial charge is 0.350 e. The summed E-state index contributed by atoms with van der Waals surface area (Å²) >= 11 is 1.66. The van der Waals surface area contributed by atoms with Crippen molar-refractivity contribution in [2.24, 2.45) is 0 Å². The van der Waals surface area contributed by atoms with Gasteiger partial charge in [0.1, 0.15) is 0 Å². The molecule has 2 aromatic rings. The fraction of sp³-hybridized carbons (Fsp3) is 0.368. The van der Waals surface area contributed by atoms with Crippen molar-refractivity contribution >= 4 is 17.2 Å². The van der Waals surface area contributed by atoms with Crippen molar-refractivity contribution in [1.29, 1.82) is 5.26 Å². The van der Waals surface area contributed by atoms with E-state index in [4.69, 9.17) is 5.26 Å². The number of hydrogen-bond donors (Lipinski definition) is 1. The third-order valence-corrected chi connectivity index (χ3v) is 5.24. The van der Waals surface area contributed by atoms with Crippen LogP contribution >= 0.6 is 11.3 Å². The van der Waals surface area contributed by atoms with Gasteiger partial charge in [-0.05, 0) is 29.1 Å². The highest BCUT2D eigenvalue weighted by Crippen LogP contribution is 2.10. The molecule has 1 aliphatic heterocycles. The van der Waals surface area contributed by atoms with E-state index in [-0.39, 0.29) is 5.91 Å². The zero-order valence-corrected chi connectivity index (χ0v) is 15.0. The van der Waals surface area contributed by atoms with Gasteiger partial charge < -0.3 is 5.32 Å². The van der Waals surface area contributed by atoms with Crippen molar-refractivity contribution in [1.82, 2.24) is 15.1 Å². The van der Waals surface area contributed by atoms with Crippen molar-refractivity contribution in [2.45, 2.75) is 13.1 Å². The summed E-state index contributed by atoms with van der Waals surface area (Å²) in [7, 11) is 0. The van der Waals surface area contributed by atoms with Crippen molar-refractivity contribution in [3.8, 4) is 6.07 Å². The summed E-state index contributed by atoms with van der Waals surface area (Å²) in [6.07, 6.45) is 0. The van der Waals surface area contributed by atoms with Crippen LogP contribution in [0.1, 0.15) is 16.0 Å². The molecule has 1 aliphatic rings. The summed E-state index contributed by atoms with van der Waals surface area (Å²) in [5.74, 6) is 0.0916. The number of amides is 1. The lowest BCUT2D eigenvalue weighted by Crippen LogP contribution is -2.49. The molecule has 0 bridgehead atoms. The first-order valence-electron chi connectivity index (χ1n) is 8.46. The van der Waals surface area contributed by atoms with Gasteiger partial charge in [0.05, 0.1) is 24.7 Å². The van der Waals surface area contributed by atoms with Crippen LogP contribution in [0.3, 0.4) is 0 Å². The third kappa shape index (κ3) is 5.40. The average molecular weight is 354 g/mol. The Kier molecular flexibility index (Phi) is 6.18. The molecule has 1 N–H and O–H groups in total. The first kappa shape index (κ1) is 17.6. The second kappa shape index (κ2) is 8.77. The van der Waals surface area contributed by atoms with E-state index < -0.39 is 0 Å². The van der Waals surface area contributed by atoms with Gasteiger partial charge in [-0.15, -0.1) is 11.3 Å². The van der Waals surface area contributed by atoms with Crippen LogP contribution in [0, 0.1) is 11.3 Å². The highest BCUT2D eigenvalue weighted by Gasteiger charge is 2.19. The van der Waals surface area contributed by atoms with Crippen molar-refractivity contribution in [2.75, 3.05) is 32.7 Å². The Bertz CT molecular complexity index is 713. The van der Waals surface area contributed by atoms with E-state index in [1.807, 2.05) is 41.8 Å². The van der Waals surface area contributed by atoms with Crippen molar-refractivity contribution in [3.63, 3.8) is 0 Å². The fourth-order valence-corrected chi connectivity index (χ4v) is 3.55. The maximum Gasteiger partial charge on any atom is 0.234 e. The van der Waals surface area contributed by atoms with Crippen LogP contribution in [0.4, 0.5) is 0 Å². The standard InChI is InChI=1S/C19H22N4OS/c20-12-16-3-5-17(6-4-16)14-22-7-9-23(10-8-22)15-19(24)21-13-18-2-1-11-25-18/h1-6,11H,7-10,13-15H2,(H,21,24). The van der Waals surface area contributed by atoms with Gasteiger partial charge in [0.2, 0.25) is 5.91 Å². The first-order valence-corrected chi connectivity index (χ1v) is 9.34. The first-order chi connectivity index (χ1) is 12.2. The number of thiophene rings is 1. The van der Waals surface area contributed by atoms with Crippen molar-refractivity contribution in [3.05, 3.63) is 57.8 Å². The molecule has 1 saturated heterocycles. The fourth-order valence-electron chi connectivity index (χ4n) is 2.91. The molecule has 1 fully saturated rings. The second-order valence-corrected chi connectivity index (χ2v) is 7.25. The molecule has 6 heteroatoms. The van der Waals surface area contributed by atoms with E-state index in [1.54, 1.807) is 11.3 Å². The summed E-state index contributed by atoms with van der Waals surface area (Å²) in [5, 5.41) is 13.9. The molecular formula is C19H22N4OS. The van der Waals surface area contributed by atoms with Gasteiger partial charge in [-0.2, -0.15) is 5.26 Å². The molecule has 5 nitrogen and oxygen atoms in total. The minimum atomic E-state index is 0.0916. The van der Waals surface area contributed by atoms with Crippen LogP contribution in [0.5, 0.6) is 0 Å². The Morgan fingerprint density at radius 1 is 1.12 bits per heavy atom. The molecule has 3 rings (SSSR count). The normalized spacial score (nSPS) is 15.6. The average Bonchev–Trinajstić information content (AvgIpc) is 3.16. The van der Waals surface area contributed by atoms with Crippen molar-refractivity contribution < 1.29 is 4.79 Å². The molecule has 0 aliphatic carbocycles. The Morgan fingerprint density at radius 3 is 2.48 bits per heavy atom. The van der Waals surface area contributed by atoms with E-state index in [0.717, 1.165) is 32.7 Å². The lowest BCUT2D eigenvalue weighted by atomic mass is 10.1. The Hall–Kier alpha value is -2.20. The number of benzene rings is 1. The van der Waals surface area contributed by atoms with Gasteiger partial charge in [-0.1, -0.05) is 18.2 Å². The van der Waals surface area contributed by atoms with Gasteiger partial charge in [0, 0.05) is 37.6 Å². The molecular weight excluding hydrogens is 332 g/mol. The SMILES string of the molecule is N#Cc1ccc(CN2CCN(CC(=O)NCc3cccs3)CC2)cc1. The van der Waals surface area contributed by atoms with Crippen LogP contribution in [-0.4, -0.2) is 48.4 Å². The molecule has 1 aromatic heterocycles. The van der Waals surface area contributed by atoms with Crippen LogP contribution < -0.4 is 5.32 Å². The molecule has 2 heterocycles. The molecule has 0 radical (unpaired) electrons. The summed E-state index contributed by atoms with van der Waals surface area (Å²) < 4.78 is 0. The van der Waals surface area contributed by atoms with Gasteiger partial charge in [-0.3, -0.25) is 14.6 Å². The molecule has 1 amide bonds. The predicted octanol–water partition coefficient (Wildman–Crippen LogP) is 2.05. The van der Waals surface area contributed by atoms with E-state index in [0.29, 0.717) is 18.7 Å². The Balaban J connectivity index is 1.37. The highest BCUT2D eigenvalue weighted by atomic mass is 32.1. The summed E-state index contributed by atoms with van der Waals surface area (Å²) in [6, 6.07) is 13.9. The number of piperazine rings is 1. The van der Waals surface area contributed by atoms with E-state index in [2.05, 4.69) is 21.2 Å². The van der Waals surface area contributed by atoms with Crippen LogP contribution in [0.15, 0.2) is 41.8 Å². The number of nitrogens with zero attached hydrogens (tertiary/aromatic N) is 3. The second-order valence-electron chi connectivity index (χ2n) is 6.22. The third-order valence-electron chi connectivity index (χ3n) is 4.36. The monoisotopic (exact) mass is 354 g/mol. The number of rotatable bonds is 6. The topological polar surface area (TPSA) is 59.4 Å². The van der Waals surface area contributed by atoms with Gasteiger partial charge in [0.25, 0.3) is 0 Å². The molecule has 130 valence electrons. The van der Waals surface area contributed by atoms with Crippen LogP contribution in [-0.2, 0) is 17.9 Å². The Morgan fingerprint density at radius 2 is 1.84 bits per heavy atom. The minimum absolute atomic E-state index is 0.0916. The summed E-state index contributed by atoms with van der Waals surface area (Å²) in [5.41, 5.74) is 1.92. The number of nitrogens with one attached hydrogen (secondary N) is 1. The van der Waals surface area contributed by atoms with E-state index in [1.165, 1.54) is 10.4 Å². The zero-order valence-electron chi connectivity index (χ0n) is 14.1. The predicted molar refractivity (Wildman–Crippen MR) is 99.0 cm³/mol. The van der Waals surface area contributed by atoms with Gasteiger partial charge in [-0.25, -0.2) is 0 Å². The quantitative estimate of drug-likeness (QED) is 0.863. The number of carbonyl (C=O) groups is 1. The van der Waals surface area contributed by atoms with Crippen LogP contribution in [0.25, 0.3) is 0 Å². The lowest BCUT2D eigenvalue weighted by Gasteiger charge is -2.34. The maximum absolute atomic E-state index is 12.1. The smallest absolute Gasteiger partial charge is 0.234 e. The molecule has 25 heavy (non-hydrogen) atoms. The molecule has 0 atom stereocenters. The molecule has 0 unspecified atom stereocenters.